The standard InChI is InChI=1S/C14H13NO/c1-9-2-4-11-10(8-9)3-5-13-12(11)6-7-14(13)15-16/h2-5,8,16H,6-7H2,1H3. The second-order valence-electron chi connectivity index (χ2n) is 4.36. The molecule has 0 radical (unpaired) electrons. The van der Waals surface area contributed by atoms with Crippen LogP contribution in [0.2, 0.25) is 0 Å². The minimum atomic E-state index is 0.817. The largest absolute Gasteiger partial charge is 0.411 e. The van der Waals surface area contributed by atoms with Gasteiger partial charge in [0.2, 0.25) is 0 Å². The van der Waals surface area contributed by atoms with Crippen molar-refractivity contribution in [3.8, 4) is 0 Å². The summed E-state index contributed by atoms with van der Waals surface area (Å²) in [5.41, 5.74) is 4.53. The van der Waals surface area contributed by atoms with E-state index in [-0.39, 0.29) is 0 Å². The van der Waals surface area contributed by atoms with Crippen LogP contribution < -0.4 is 0 Å². The molecule has 1 aliphatic rings. The summed E-state index contributed by atoms with van der Waals surface area (Å²) in [7, 11) is 0. The molecule has 0 unspecified atom stereocenters. The van der Waals surface area contributed by atoms with Gasteiger partial charge >= 0.3 is 0 Å². The Kier molecular flexibility index (Phi) is 1.96. The van der Waals surface area contributed by atoms with Gasteiger partial charge < -0.3 is 5.21 Å². The van der Waals surface area contributed by atoms with E-state index in [0.717, 1.165) is 24.1 Å². The summed E-state index contributed by atoms with van der Waals surface area (Å²) in [4.78, 5) is 0. The lowest BCUT2D eigenvalue weighted by atomic mass is 9.99. The number of aryl methyl sites for hydroxylation is 2. The molecule has 0 spiro atoms. The van der Waals surface area contributed by atoms with Crippen LogP contribution in [0.3, 0.4) is 0 Å². The molecule has 0 aromatic heterocycles. The van der Waals surface area contributed by atoms with Crippen molar-refractivity contribution in [2.24, 2.45) is 5.16 Å². The van der Waals surface area contributed by atoms with Crippen LogP contribution in [-0.4, -0.2) is 10.9 Å². The van der Waals surface area contributed by atoms with Gasteiger partial charge in [-0.3, -0.25) is 0 Å². The van der Waals surface area contributed by atoms with E-state index in [0.29, 0.717) is 0 Å². The van der Waals surface area contributed by atoms with E-state index >= 15 is 0 Å². The van der Waals surface area contributed by atoms with E-state index in [2.05, 4.69) is 42.4 Å². The molecule has 0 heterocycles. The Morgan fingerprint density at radius 1 is 1.12 bits per heavy atom. The van der Waals surface area contributed by atoms with Gasteiger partial charge in [0.15, 0.2) is 0 Å². The molecule has 3 rings (SSSR count). The first kappa shape index (κ1) is 9.40. The van der Waals surface area contributed by atoms with Crippen molar-refractivity contribution < 1.29 is 5.21 Å². The Balaban J connectivity index is 2.34. The van der Waals surface area contributed by atoms with Crippen LogP contribution >= 0.6 is 0 Å². The zero-order chi connectivity index (χ0) is 11.1. The molecule has 2 aromatic carbocycles. The Morgan fingerprint density at radius 2 is 2.00 bits per heavy atom. The van der Waals surface area contributed by atoms with Crippen molar-refractivity contribution >= 4 is 16.5 Å². The van der Waals surface area contributed by atoms with Gasteiger partial charge in [0.1, 0.15) is 0 Å². The van der Waals surface area contributed by atoms with Crippen molar-refractivity contribution in [3.05, 3.63) is 47.0 Å². The summed E-state index contributed by atoms with van der Waals surface area (Å²) < 4.78 is 0. The highest BCUT2D eigenvalue weighted by Crippen LogP contribution is 2.30. The second kappa shape index (κ2) is 3.34. The summed E-state index contributed by atoms with van der Waals surface area (Å²) in [6.45, 7) is 2.10. The molecule has 0 saturated carbocycles. The van der Waals surface area contributed by atoms with Crippen LogP contribution in [0.5, 0.6) is 0 Å². The number of benzene rings is 2. The highest BCUT2D eigenvalue weighted by atomic mass is 16.4. The van der Waals surface area contributed by atoms with Crippen LogP contribution in [0.1, 0.15) is 23.1 Å². The average molecular weight is 211 g/mol. The quantitative estimate of drug-likeness (QED) is 0.526. The molecule has 16 heavy (non-hydrogen) atoms. The summed E-state index contributed by atoms with van der Waals surface area (Å²) >= 11 is 0. The number of nitrogens with zero attached hydrogens (tertiary/aromatic N) is 1. The third-order valence-corrected chi connectivity index (χ3v) is 3.33. The SMILES string of the molecule is Cc1ccc2c3c(ccc2c1)C(=NO)CC3. The molecule has 0 atom stereocenters. The van der Waals surface area contributed by atoms with Crippen molar-refractivity contribution in [1.29, 1.82) is 0 Å². The summed E-state index contributed by atoms with van der Waals surface area (Å²) in [6.07, 6.45) is 1.83. The lowest BCUT2D eigenvalue weighted by Gasteiger charge is -2.05. The first-order valence-corrected chi connectivity index (χ1v) is 5.53. The molecule has 2 heteroatoms. The van der Waals surface area contributed by atoms with Crippen molar-refractivity contribution in [2.75, 3.05) is 0 Å². The molecule has 0 aliphatic heterocycles. The third-order valence-electron chi connectivity index (χ3n) is 3.33. The van der Waals surface area contributed by atoms with Gasteiger partial charge in [-0.15, -0.1) is 0 Å². The molecule has 80 valence electrons. The zero-order valence-corrected chi connectivity index (χ0v) is 9.20. The van der Waals surface area contributed by atoms with Gasteiger partial charge in [0.05, 0.1) is 5.71 Å². The summed E-state index contributed by atoms with van der Waals surface area (Å²) in [5.74, 6) is 0. The van der Waals surface area contributed by atoms with Gasteiger partial charge in [0.25, 0.3) is 0 Å². The molecule has 2 nitrogen and oxygen atoms in total. The van der Waals surface area contributed by atoms with Crippen LogP contribution in [0, 0.1) is 6.92 Å². The highest BCUT2D eigenvalue weighted by Gasteiger charge is 2.19. The fraction of sp³-hybridized carbons (Fsp3) is 0.214. The Bertz CT molecular complexity index is 599. The van der Waals surface area contributed by atoms with Crippen LogP contribution in [0.25, 0.3) is 10.8 Å². The van der Waals surface area contributed by atoms with Gasteiger partial charge in [-0.25, -0.2) is 0 Å². The van der Waals surface area contributed by atoms with Crippen molar-refractivity contribution in [2.45, 2.75) is 19.8 Å². The Hall–Kier alpha value is -1.83. The monoisotopic (exact) mass is 211 g/mol. The van der Waals surface area contributed by atoms with Crippen molar-refractivity contribution in [1.82, 2.24) is 0 Å². The molecule has 0 saturated heterocycles. The van der Waals surface area contributed by atoms with E-state index in [1.165, 1.54) is 21.9 Å². The molecule has 0 amide bonds. The first-order chi connectivity index (χ1) is 7.79. The second-order valence-corrected chi connectivity index (χ2v) is 4.36. The van der Waals surface area contributed by atoms with Gasteiger partial charge in [0, 0.05) is 5.56 Å². The van der Waals surface area contributed by atoms with E-state index in [4.69, 9.17) is 5.21 Å². The van der Waals surface area contributed by atoms with E-state index in [9.17, 15) is 0 Å². The minimum absolute atomic E-state index is 0.817. The maximum Gasteiger partial charge on any atom is 0.0874 e. The minimum Gasteiger partial charge on any atom is -0.411 e. The lowest BCUT2D eigenvalue weighted by molar-refractivity contribution is 0.318. The number of fused-ring (bicyclic) bond motifs is 3. The summed E-state index contributed by atoms with van der Waals surface area (Å²) in [6, 6.07) is 10.7. The molecule has 2 aromatic rings. The van der Waals surface area contributed by atoms with Crippen LogP contribution in [-0.2, 0) is 6.42 Å². The molecule has 1 aliphatic carbocycles. The predicted molar refractivity (Wildman–Crippen MR) is 65.3 cm³/mol. The zero-order valence-electron chi connectivity index (χ0n) is 9.20. The molecule has 1 N–H and O–H groups in total. The Morgan fingerprint density at radius 3 is 2.81 bits per heavy atom. The van der Waals surface area contributed by atoms with E-state index in [1.54, 1.807) is 0 Å². The predicted octanol–water partition coefficient (Wildman–Crippen LogP) is 3.27. The lowest BCUT2D eigenvalue weighted by Crippen LogP contribution is -1.93. The fourth-order valence-electron chi connectivity index (χ4n) is 2.54. The van der Waals surface area contributed by atoms with Crippen LogP contribution in [0.4, 0.5) is 0 Å². The topological polar surface area (TPSA) is 32.6 Å². The number of hydrogen-bond acceptors (Lipinski definition) is 2. The molecule has 0 bridgehead atoms. The van der Waals surface area contributed by atoms with Crippen molar-refractivity contribution in [3.63, 3.8) is 0 Å². The average Bonchev–Trinajstić information content (AvgIpc) is 2.71. The third kappa shape index (κ3) is 1.23. The van der Waals surface area contributed by atoms with Crippen LogP contribution in [0.15, 0.2) is 35.5 Å². The van der Waals surface area contributed by atoms with Gasteiger partial charge in [-0.1, -0.05) is 41.1 Å². The fourth-order valence-corrected chi connectivity index (χ4v) is 2.54. The van der Waals surface area contributed by atoms with E-state index in [1.807, 2.05) is 0 Å². The van der Waals surface area contributed by atoms with E-state index < -0.39 is 0 Å². The summed E-state index contributed by atoms with van der Waals surface area (Å²) in [5, 5.41) is 14.9. The maximum absolute atomic E-state index is 8.92. The maximum atomic E-state index is 8.92. The smallest absolute Gasteiger partial charge is 0.0874 e. The number of rotatable bonds is 0. The first-order valence-electron chi connectivity index (χ1n) is 5.53. The molecular weight excluding hydrogens is 198 g/mol. The normalized spacial score (nSPS) is 16.9. The van der Waals surface area contributed by atoms with Gasteiger partial charge in [-0.2, -0.15) is 0 Å². The highest BCUT2D eigenvalue weighted by molar-refractivity contribution is 6.08. The van der Waals surface area contributed by atoms with Gasteiger partial charge in [-0.05, 0) is 36.1 Å². The molecule has 0 fully saturated rings. The molecular formula is C14H13NO. The number of oxime groups is 1. The Labute approximate surface area is 94.2 Å². The number of hydrogen-bond donors (Lipinski definition) is 1.